The average Bonchev–Trinajstić information content (AvgIpc) is 2.48. The van der Waals surface area contributed by atoms with Gasteiger partial charge in [0.25, 0.3) is 0 Å². The lowest BCUT2D eigenvalue weighted by molar-refractivity contribution is -0.143. The SMILES string of the molecule is COC(=O)CN1CCN(C(=O)C2CCC(=O)NC2)CC1. The minimum atomic E-state index is -0.250. The summed E-state index contributed by atoms with van der Waals surface area (Å²) in [4.78, 5) is 38.4. The van der Waals surface area contributed by atoms with E-state index in [0.717, 1.165) is 0 Å². The number of rotatable bonds is 3. The summed E-state index contributed by atoms with van der Waals surface area (Å²) >= 11 is 0. The average molecular weight is 283 g/mol. The maximum absolute atomic E-state index is 12.3. The summed E-state index contributed by atoms with van der Waals surface area (Å²) in [6.45, 7) is 3.33. The highest BCUT2D eigenvalue weighted by Crippen LogP contribution is 2.15. The molecule has 2 aliphatic rings. The van der Waals surface area contributed by atoms with E-state index in [1.165, 1.54) is 7.11 Å². The lowest BCUT2D eigenvalue weighted by Crippen LogP contribution is -2.53. The van der Waals surface area contributed by atoms with E-state index in [-0.39, 0.29) is 30.2 Å². The zero-order chi connectivity index (χ0) is 14.5. The fraction of sp³-hybridized carbons (Fsp3) is 0.769. The predicted octanol–water partition coefficient (Wildman–Crippen LogP) is -1.17. The Hall–Kier alpha value is -1.63. The first-order chi connectivity index (χ1) is 9.60. The van der Waals surface area contributed by atoms with Crippen LogP contribution in [-0.2, 0) is 19.1 Å². The standard InChI is InChI=1S/C13H21N3O4/c1-20-12(18)9-15-4-6-16(7-5-15)13(19)10-2-3-11(17)14-8-10/h10H,2-9H2,1H3,(H,14,17). The molecule has 0 bridgehead atoms. The molecular formula is C13H21N3O4. The first-order valence-corrected chi connectivity index (χ1v) is 6.95. The van der Waals surface area contributed by atoms with E-state index < -0.39 is 0 Å². The number of amides is 2. The highest BCUT2D eigenvalue weighted by molar-refractivity contribution is 5.83. The van der Waals surface area contributed by atoms with E-state index in [2.05, 4.69) is 10.1 Å². The summed E-state index contributed by atoms with van der Waals surface area (Å²) in [6, 6.07) is 0. The number of methoxy groups -OCH3 is 1. The molecule has 2 amide bonds. The van der Waals surface area contributed by atoms with E-state index in [4.69, 9.17) is 0 Å². The number of nitrogens with zero attached hydrogens (tertiary/aromatic N) is 2. The Morgan fingerprint density at radius 1 is 1.30 bits per heavy atom. The van der Waals surface area contributed by atoms with Crippen LogP contribution in [0.5, 0.6) is 0 Å². The van der Waals surface area contributed by atoms with Crippen molar-refractivity contribution in [2.45, 2.75) is 12.8 Å². The molecule has 0 aliphatic carbocycles. The molecule has 0 radical (unpaired) electrons. The van der Waals surface area contributed by atoms with Gasteiger partial charge in [-0.1, -0.05) is 0 Å². The normalized spacial score (nSPS) is 24.1. The predicted molar refractivity (Wildman–Crippen MR) is 70.8 cm³/mol. The summed E-state index contributed by atoms with van der Waals surface area (Å²) < 4.78 is 4.63. The summed E-state index contributed by atoms with van der Waals surface area (Å²) in [7, 11) is 1.37. The molecular weight excluding hydrogens is 262 g/mol. The third kappa shape index (κ3) is 3.69. The van der Waals surface area contributed by atoms with Gasteiger partial charge in [-0.25, -0.2) is 0 Å². The number of hydrogen-bond acceptors (Lipinski definition) is 5. The smallest absolute Gasteiger partial charge is 0.319 e. The number of piperazine rings is 1. The second kappa shape index (κ2) is 6.69. The largest absolute Gasteiger partial charge is 0.468 e. The highest BCUT2D eigenvalue weighted by Gasteiger charge is 2.30. The Morgan fingerprint density at radius 3 is 2.55 bits per heavy atom. The fourth-order valence-corrected chi connectivity index (χ4v) is 2.58. The minimum absolute atomic E-state index is 0.0250. The molecule has 2 heterocycles. The molecule has 20 heavy (non-hydrogen) atoms. The van der Waals surface area contributed by atoms with Crippen LogP contribution in [0.15, 0.2) is 0 Å². The van der Waals surface area contributed by atoms with Gasteiger partial charge in [-0.05, 0) is 6.42 Å². The highest BCUT2D eigenvalue weighted by atomic mass is 16.5. The summed E-state index contributed by atoms with van der Waals surface area (Å²) in [5, 5.41) is 2.74. The van der Waals surface area contributed by atoms with Gasteiger partial charge in [0.05, 0.1) is 19.6 Å². The molecule has 0 spiro atoms. The van der Waals surface area contributed by atoms with Crippen LogP contribution in [0.4, 0.5) is 0 Å². The van der Waals surface area contributed by atoms with Crippen molar-refractivity contribution in [3.05, 3.63) is 0 Å². The molecule has 7 nitrogen and oxygen atoms in total. The molecule has 7 heteroatoms. The topological polar surface area (TPSA) is 79.0 Å². The van der Waals surface area contributed by atoms with Crippen molar-refractivity contribution in [2.75, 3.05) is 46.4 Å². The Balaban J connectivity index is 1.77. The van der Waals surface area contributed by atoms with Crippen LogP contribution in [0.2, 0.25) is 0 Å². The Labute approximate surface area is 118 Å². The molecule has 1 N–H and O–H groups in total. The van der Waals surface area contributed by atoms with E-state index >= 15 is 0 Å². The molecule has 112 valence electrons. The molecule has 1 atom stereocenters. The lowest BCUT2D eigenvalue weighted by Gasteiger charge is -2.36. The van der Waals surface area contributed by atoms with Crippen LogP contribution in [-0.4, -0.2) is 74.0 Å². The number of carbonyl (C=O) groups is 3. The molecule has 2 fully saturated rings. The zero-order valence-electron chi connectivity index (χ0n) is 11.8. The molecule has 2 aliphatic heterocycles. The van der Waals surface area contributed by atoms with Gasteiger partial charge in [-0.3, -0.25) is 19.3 Å². The van der Waals surface area contributed by atoms with E-state index in [9.17, 15) is 14.4 Å². The van der Waals surface area contributed by atoms with Crippen molar-refractivity contribution in [1.82, 2.24) is 15.1 Å². The van der Waals surface area contributed by atoms with Crippen LogP contribution in [0.1, 0.15) is 12.8 Å². The van der Waals surface area contributed by atoms with Gasteiger partial charge in [0, 0.05) is 39.1 Å². The van der Waals surface area contributed by atoms with Gasteiger partial charge < -0.3 is 15.0 Å². The van der Waals surface area contributed by atoms with Gasteiger partial charge in [-0.15, -0.1) is 0 Å². The van der Waals surface area contributed by atoms with Crippen molar-refractivity contribution < 1.29 is 19.1 Å². The van der Waals surface area contributed by atoms with Gasteiger partial charge in [0.15, 0.2) is 0 Å². The monoisotopic (exact) mass is 283 g/mol. The Kier molecular flexibility index (Phi) is 4.94. The van der Waals surface area contributed by atoms with Crippen molar-refractivity contribution in [1.29, 1.82) is 0 Å². The Morgan fingerprint density at radius 2 is 2.00 bits per heavy atom. The zero-order valence-corrected chi connectivity index (χ0v) is 11.8. The summed E-state index contributed by atoms with van der Waals surface area (Å²) in [5.41, 5.74) is 0. The maximum atomic E-state index is 12.3. The van der Waals surface area contributed by atoms with Crippen molar-refractivity contribution in [3.8, 4) is 0 Å². The van der Waals surface area contributed by atoms with Crippen molar-refractivity contribution in [2.24, 2.45) is 5.92 Å². The summed E-state index contributed by atoms with van der Waals surface area (Å²) in [6.07, 6.45) is 1.06. The maximum Gasteiger partial charge on any atom is 0.319 e. The van der Waals surface area contributed by atoms with Gasteiger partial charge in [0.1, 0.15) is 0 Å². The van der Waals surface area contributed by atoms with E-state index in [1.807, 2.05) is 9.80 Å². The van der Waals surface area contributed by atoms with Crippen LogP contribution < -0.4 is 5.32 Å². The van der Waals surface area contributed by atoms with Gasteiger partial charge in [-0.2, -0.15) is 0 Å². The first-order valence-electron chi connectivity index (χ1n) is 6.95. The molecule has 0 saturated carbocycles. The summed E-state index contributed by atoms with van der Waals surface area (Å²) in [5.74, 6) is -0.209. The molecule has 2 saturated heterocycles. The number of esters is 1. The first kappa shape index (κ1) is 14.8. The Bertz CT molecular complexity index is 381. The van der Waals surface area contributed by atoms with Gasteiger partial charge in [0.2, 0.25) is 11.8 Å². The van der Waals surface area contributed by atoms with E-state index in [0.29, 0.717) is 45.6 Å². The fourth-order valence-electron chi connectivity index (χ4n) is 2.58. The number of piperidine rings is 1. The lowest BCUT2D eigenvalue weighted by atomic mass is 9.97. The van der Waals surface area contributed by atoms with Gasteiger partial charge >= 0.3 is 5.97 Å². The second-order valence-corrected chi connectivity index (χ2v) is 5.22. The van der Waals surface area contributed by atoms with Crippen LogP contribution in [0.3, 0.4) is 0 Å². The van der Waals surface area contributed by atoms with Crippen LogP contribution in [0, 0.1) is 5.92 Å². The molecule has 0 aromatic heterocycles. The number of carbonyl (C=O) groups excluding carboxylic acids is 3. The molecule has 0 aromatic rings. The quantitative estimate of drug-likeness (QED) is 0.660. The molecule has 1 unspecified atom stereocenters. The molecule has 2 rings (SSSR count). The number of hydrogen-bond donors (Lipinski definition) is 1. The molecule has 0 aromatic carbocycles. The van der Waals surface area contributed by atoms with Crippen LogP contribution >= 0.6 is 0 Å². The van der Waals surface area contributed by atoms with Crippen molar-refractivity contribution in [3.63, 3.8) is 0 Å². The number of nitrogens with one attached hydrogen (secondary N) is 1. The van der Waals surface area contributed by atoms with Crippen molar-refractivity contribution >= 4 is 17.8 Å². The third-order valence-electron chi connectivity index (χ3n) is 3.88. The van der Waals surface area contributed by atoms with Crippen LogP contribution in [0.25, 0.3) is 0 Å². The third-order valence-corrected chi connectivity index (χ3v) is 3.88. The minimum Gasteiger partial charge on any atom is -0.468 e. The number of ether oxygens (including phenoxy) is 1. The second-order valence-electron chi connectivity index (χ2n) is 5.22. The van der Waals surface area contributed by atoms with E-state index in [1.54, 1.807) is 0 Å².